The standard InChI is InChI=1S/C27H37N5O6/c33-14-16-38-15-13-29-7-5-19(6-8-29)18-30-9-11-31(12-10-30)20-1-2-21-22(17-20)27(37)32(26(21)36)23-3-4-24(34)28-25(23)35/h1-2,17,19,23,33H,3-16,18H2,(H,28,34,35). The fourth-order valence-electron chi connectivity index (χ4n) is 5.96. The van der Waals surface area contributed by atoms with E-state index in [-0.39, 0.29) is 25.4 Å². The van der Waals surface area contributed by atoms with Crippen LogP contribution in [0.4, 0.5) is 5.69 Å². The number of anilines is 1. The lowest BCUT2D eigenvalue weighted by Gasteiger charge is -2.39. The first-order valence-electron chi connectivity index (χ1n) is 13.7. The van der Waals surface area contributed by atoms with Crippen molar-refractivity contribution in [2.24, 2.45) is 5.92 Å². The molecule has 0 radical (unpaired) electrons. The summed E-state index contributed by atoms with van der Waals surface area (Å²) in [5.74, 6) is -1.22. The number of piperazine rings is 1. The van der Waals surface area contributed by atoms with E-state index in [2.05, 4.69) is 20.0 Å². The number of aliphatic hydroxyl groups is 1. The SMILES string of the molecule is O=C1CCC(N2C(=O)c3ccc(N4CCN(CC5CCN(CCOCCO)CC5)CC4)cc3C2=O)C(=O)N1. The third-order valence-electron chi connectivity index (χ3n) is 8.17. The second-order valence-electron chi connectivity index (χ2n) is 10.6. The zero-order valence-corrected chi connectivity index (χ0v) is 21.8. The van der Waals surface area contributed by atoms with E-state index in [4.69, 9.17) is 9.84 Å². The van der Waals surface area contributed by atoms with Crippen LogP contribution in [-0.4, -0.2) is 122 Å². The first-order valence-corrected chi connectivity index (χ1v) is 13.7. The Kier molecular flexibility index (Phi) is 8.37. The summed E-state index contributed by atoms with van der Waals surface area (Å²) in [7, 11) is 0. The van der Waals surface area contributed by atoms with E-state index in [9.17, 15) is 19.2 Å². The Morgan fingerprint density at radius 1 is 0.868 bits per heavy atom. The summed E-state index contributed by atoms with van der Waals surface area (Å²) in [6, 6.07) is 4.40. The van der Waals surface area contributed by atoms with Gasteiger partial charge in [0.2, 0.25) is 11.8 Å². The van der Waals surface area contributed by atoms with Gasteiger partial charge in [0, 0.05) is 51.4 Å². The summed E-state index contributed by atoms with van der Waals surface area (Å²) in [6.07, 6.45) is 2.64. The van der Waals surface area contributed by atoms with Crippen LogP contribution in [0, 0.1) is 5.92 Å². The molecule has 206 valence electrons. The second-order valence-corrected chi connectivity index (χ2v) is 10.6. The molecule has 11 nitrogen and oxygen atoms in total. The van der Waals surface area contributed by atoms with Gasteiger partial charge in [0.05, 0.1) is 30.9 Å². The zero-order valence-electron chi connectivity index (χ0n) is 21.8. The normalized spacial score (nSPS) is 23.8. The van der Waals surface area contributed by atoms with Gasteiger partial charge in [-0.1, -0.05) is 0 Å². The van der Waals surface area contributed by atoms with Crippen molar-refractivity contribution in [2.45, 2.75) is 31.7 Å². The van der Waals surface area contributed by atoms with E-state index in [1.165, 1.54) is 12.8 Å². The predicted octanol–water partition coefficient (Wildman–Crippen LogP) is -0.0693. The quantitative estimate of drug-likeness (QED) is 0.336. The van der Waals surface area contributed by atoms with Crippen LogP contribution < -0.4 is 10.2 Å². The number of benzene rings is 1. The highest BCUT2D eigenvalue weighted by Gasteiger charge is 2.44. The molecule has 0 spiro atoms. The van der Waals surface area contributed by atoms with Crippen LogP contribution in [0.2, 0.25) is 0 Å². The Morgan fingerprint density at radius 3 is 2.32 bits per heavy atom. The van der Waals surface area contributed by atoms with Crippen molar-refractivity contribution in [2.75, 3.05) is 77.1 Å². The summed E-state index contributed by atoms with van der Waals surface area (Å²) in [5.41, 5.74) is 1.55. The number of amides is 4. The number of nitrogens with one attached hydrogen (secondary N) is 1. The Bertz CT molecular complexity index is 1060. The maximum absolute atomic E-state index is 13.1. The summed E-state index contributed by atoms with van der Waals surface area (Å²) >= 11 is 0. The van der Waals surface area contributed by atoms with Gasteiger partial charge in [-0.3, -0.25) is 34.3 Å². The topological polar surface area (TPSA) is 123 Å². The number of aliphatic hydroxyl groups excluding tert-OH is 1. The highest BCUT2D eigenvalue weighted by atomic mass is 16.5. The van der Waals surface area contributed by atoms with Gasteiger partial charge in [-0.15, -0.1) is 0 Å². The first kappa shape index (κ1) is 26.7. The number of hydrogen-bond donors (Lipinski definition) is 2. The van der Waals surface area contributed by atoms with E-state index in [0.29, 0.717) is 30.3 Å². The molecule has 38 heavy (non-hydrogen) atoms. The number of hydrogen-bond acceptors (Lipinski definition) is 9. The summed E-state index contributed by atoms with van der Waals surface area (Å²) in [6.45, 7) is 8.93. The molecule has 0 bridgehead atoms. The number of carbonyl (C=O) groups excluding carboxylic acids is 4. The van der Waals surface area contributed by atoms with Crippen LogP contribution in [-0.2, 0) is 14.3 Å². The van der Waals surface area contributed by atoms with Crippen LogP contribution in [0.1, 0.15) is 46.4 Å². The molecule has 4 aliphatic rings. The monoisotopic (exact) mass is 527 g/mol. The number of nitrogens with zero attached hydrogens (tertiary/aromatic N) is 4. The minimum atomic E-state index is -0.946. The Hall–Kier alpha value is -2.86. The number of carbonyl (C=O) groups is 4. The number of ether oxygens (including phenoxy) is 1. The molecular weight excluding hydrogens is 490 g/mol. The molecule has 1 aromatic carbocycles. The van der Waals surface area contributed by atoms with Crippen molar-refractivity contribution in [3.05, 3.63) is 29.3 Å². The molecule has 1 unspecified atom stereocenters. The van der Waals surface area contributed by atoms with Gasteiger partial charge in [-0.2, -0.15) is 0 Å². The molecular formula is C27H37N5O6. The third-order valence-corrected chi connectivity index (χ3v) is 8.17. The Labute approximate surface area is 222 Å². The molecule has 1 aromatic rings. The largest absolute Gasteiger partial charge is 0.394 e. The van der Waals surface area contributed by atoms with Crippen molar-refractivity contribution in [1.82, 2.24) is 20.0 Å². The molecule has 4 heterocycles. The van der Waals surface area contributed by atoms with Gasteiger partial charge < -0.3 is 19.6 Å². The highest BCUT2D eigenvalue weighted by Crippen LogP contribution is 2.31. The van der Waals surface area contributed by atoms with E-state index < -0.39 is 23.8 Å². The van der Waals surface area contributed by atoms with E-state index in [1.54, 1.807) is 12.1 Å². The van der Waals surface area contributed by atoms with Crippen molar-refractivity contribution in [3.63, 3.8) is 0 Å². The van der Waals surface area contributed by atoms with Gasteiger partial charge in [0.25, 0.3) is 11.8 Å². The molecule has 11 heteroatoms. The van der Waals surface area contributed by atoms with Gasteiger partial charge in [-0.05, 0) is 56.5 Å². The number of piperidine rings is 2. The lowest BCUT2D eigenvalue weighted by molar-refractivity contribution is -0.136. The highest BCUT2D eigenvalue weighted by molar-refractivity contribution is 6.23. The minimum Gasteiger partial charge on any atom is -0.394 e. The summed E-state index contributed by atoms with van der Waals surface area (Å²) in [4.78, 5) is 58.1. The van der Waals surface area contributed by atoms with E-state index in [0.717, 1.165) is 62.9 Å². The zero-order chi connectivity index (χ0) is 26.6. The van der Waals surface area contributed by atoms with E-state index in [1.807, 2.05) is 6.07 Å². The smallest absolute Gasteiger partial charge is 0.262 e. The first-order chi connectivity index (χ1) is 18.4. The van der Waals surface area contributed by atoms with E-state index >= 15 is 0 Å². The number of likely N-dealkylation sites (tertiary alicyclic amines) is 1. The lowest BCUT2D eigenvalue weighted by atomic mass is 9.96. The minimum absolute atomic E-state index is 0.0722. The molecule has 3 saturated heterocycles. The maximum Gasteiger partial charge on any atom is 0.262 e. The van der Waals surface area contributed by atoms with Crippen molar-refractivity contribution >= 4 is 29.3 Å². The van der Waals surface area contributed by atoms with Gasteiger partial charge in [-0.25, -0.2) is 0 Å². The second kappa shape index (κ2) is 11.9. The third kappa shape index (κ3) is 5.75. The maximum atomic E-state index is 13.1. The molecule has 5 rings (SSSR count). The predicted molar refractivity (Wildman–Crippen MR) is 139 cm³/mol. The van der Waals surface area contributed by atoms with Crippen molar-refractivity contribution < 1.29 is 29.0 Å². The molecule has 0 aliphatic carbocycles. The number of fused-ring (bicyclic) bond motifs is 1. The van der Waals surface area contributed by atoms with Gasteiger partial charge in [0.15, 0.2) is 0 Å². The molecule has 1 atom stereocenters. The molecule has 4 aliphatic heterocycles. The molecule has 3 fully saturated rings. The fraction of sp³-hybridized carbons (Fsp3) is 0.630. The number of imide groups is 2. The Balaban J connectivity index is 1.11. The van der Waals surface area contributed by atoms with Crippen molar-refractivity contribution in [1.29, 1.82) is 0 Å². The van der Waals surface area contributed by atoms with Crippen LogP contribution in [0.25, 0.3) is 0 Å². The van der Waals surface area contributed by atoms with Crippen LogP contribution in [0.15, 0.2) is 18.2 Å². The average molecular weight is 528 g/mol. The summed E-state index contributed by atoms with van der Waals surface area (Å²) in [5, 5.41) is 11.0. The fourth-order valence-corrected chi connectivity index (χ4v) is 5.96. The summed E-state index contributed by atoms with van der Waals surface area (Å²) < 4.78 is 5.39. The number of rotatable bonds is 9. The molecule has 0 aromatic heterocycles. The molecule has 0 saturated carbocycles. The van der Waals surface area contributed by atoms with Gasteiger partial charge >= 0.3 is 0 Å². The average Bonchev–Trinajstić information content (AvgIpc) is 3.17. The van der Waals surface area contributed by atoms with Crippen LogP contribution in [0.5, 0.6) is 0 Å². The van der Waals surface area contributed by atoms with Gasteiger partial charge in [0.1, 0.15) is 6.04 Å². The van der Waals surface area contributed by atoms with Crippen LogP contribution in [0.3, 0.4) is 0 Å². The molecule has 2 N–H and O–H groups in total. The molecule has 4 amide bonds. The Morgan fingerprint density at radius 2 is 1.61 bits per heavy atom. The van der Waals surface area contributed by atoms with Crippen molar-refractivity contribution in [3.8, 4) is 0 Å². The van der Waals surface area contributed by atoms with Crippen LogP contribution >= 0.6 is 0 Å². The lowest BCUT2D eigenvalue weighted by Crippen LogP contribution is -2.54.